The summed E-state index contributed by atoms with van der Waals surface area (Å²) in [6.07, 6.45) is 1.57. The Balaban J connectivity index is 2.36. The molecule has 0 radical (unpaired) electrons. The lowest BCUT2D eigenvalue weighted by Gasteiger charge is -2.00. The third-order valence-corrected chi connectivity index (χ3v) is 2.52. The first-order valence-electron chi connectivity index (χ1n) is 4.48. The Morgan fingerprint density at radius 3 is 2.33 bits per heavy atom. The lowest BCUT2D eigenvalue weighted by atomic mass is 10.1. The molecule has 1 aromatic carbocycles. The van der Waals surface area contributed by atoms with Gasteiger partial charge in [-0.15, -0.1) is 0 Å². The van der Waals surface area contributed by atoms with Crippen LogP contribution in [0.5, 0.6) is 0 Å². The molecule has 0 bridgehead atoms. The van der Waals surface area contributed by atoms with Crippen molar-refractivity contribution < 1.29 is 4.79 Å². The van der Waals surface area contributed by atoms with Crippen LogP contribution in [-0.4, -0.2) is 9.68 Å². The quantitative estimate of drug-likeness (QED) is 0.777. The highest BCUT2D eigenvalue weighted by atomic mass is 79.9. The standard InChI is InChI=1S/C12H8BrNO/c13-12(15)10-6-7-11(14-8-10)9-4-2-1-3-5-9/h1-8H. The Hall–Kier alpha value is -1.48. The van der Waals surface area contributed by atoms with Gasteiger partial charge < -0.3 is 0 Å². The molecule has 0 saturated carbocycles. The summed E-state index contributed by atoms with van der Waals surface area (Å²) in [6.45, 7) is 0. The molecule has 0 N–H and O–H groups in total. The molecule has 0 amide bonds. The zero-order valence-electron chi connectivity index (χ0n) is 7.85. The SMILES string of the molecule is O=C(Br)c1ccc(-c2ccccc2)nc1. The third kappa shape index (κ3) is 2.30. The van der Waals surface area contributed by atoms with Gasteiger partial charge >= 0.3 is 0 Å². The minimum Gasteiger partial charge on any atom is -0.281 e. The van der Waals surface area contributed by atoms with Crippen LogP contribution in [0.3, 0.4) is 0 Å². The van der Waals surface area contributed by atoms with E-state index in [-0.39, 0.29) is 4.69 Å². The molecule has 2 rings (SSSR count). The predicted molar refractivity (Wildman–Crippen MR) is 62.9 cm³/mol. The molecule has 0 fully saturated rings. The maximum absolute atomic E-state index is 11.0. The molecule has 1 heterocycles. The molecule has 15 heavy (non-hydrogen) atoms. The number of hydrogen-bond acceptors (Lipinski definition) is 2. The summed E-state index contributed by atoms with van der Waals surface area (Å²) < 4.78 is -0.144. The van der Waals surface area contributed by atoms with Crippen molar-refractivity contribution in [2.45, 2.75) is 0 Å². The van der Waals surface area contributed by atoms with Crippen LogP contribution in [0, 0.1) is 0 Å². The second-order valence-corrected chi connectivity index (χ2v) is 3.79. The summed E-state index contributed by atoms with van der Waals surface area (Å²) in [7, 11) is 0. The van der Waals surface area contributed by atoms with E-state index < -0.39 is 0 Å². The number of rotatable bonds is 2. The van der Waals surface area contributed by atoms with E-state index in [2.05, 4.69) is 20.9 Å². The van der Waals surface area contributed by atoms with Gasteiger partial charge in [0.2, 0.25) is 4.69 Å². The van der Waals surface area contributed by atoms with Gasteiger partial charge in [0.15, 0.2) is 0 Å². The Labute approximate surface area is 96.1 Å². The number of carbonyl (C=O) groups is 1. The van der Waals surface area contributed by atoms with Crippen molar-refractivity contribution in [2.75, 3.05) is 0 Å². The highest BCUT2D eigenvalue weighted by Crippen LogP contribution is 2.16. The molecule has 3 heteroatoms. The van der Waals surface area contributed by atoms with E-state index in [1.807, 2.05) is 36.4 Å². The van der Waals surface area contributed by atoms with Crippen molar-refractivity contribution in [3.63, 3.8) is 0 Å². The Bertz CT molecular complexity index is 465. The highest BCUT2D eigenvalue weighted by Gasteiger charge is 2.02. The van der Waals surface area contributed by atoms with Crippen LogP contribution < -0.4 is 0 Å². The molecule has 0 unspecified atom stereocenters. The number of benzene rings is 1. The lowest BCUT2D eigenvalue weighted by Crippen LogP contribution is -1.90. The zero-order valence-corrected chi connectivity index (χ0v) is 9.44. The maximum atomic E-state index is 11.0. The highest BCUT2D eigenvalue weighted by molar-refractivity contribution is 9.18. The summed E-state index contributed by atoms with van der Waals surface area (Å²) >= 11 is 2.88. The summed E-state index contributed by atoms with van der Waals surface area (Å²) in [5.41, 5.74) is 2.48. The van der Waals surface area contributed by atoms with Crippen molar-refractivity contribution in [1.82, 2.24) is 4.98 Å². The third-order valence-electron chi connectivity index (χ3n) is 2.06. The van der Waals surface area contributed by atoms with E-state index in [1.165, 1.54) is 0 Å². The maximum Gasteiger partial charge on any atom is 0.229 e. The van der Waals surface area contributed by atoms with Gasteiger partial charge in [0, 0.05) is 17.3 Å². The second kappa shape index (κ2) is 4.36. The first kappa shape index (κ1) is 10.1. The molecular weight excluding hydrogens is 254 g/mol. The fraction of sp³-hybridized carbons (Fsp3) is 0. The molecular formula is C12H8BrNO. The minimum absolute atomic E-state index is 0.144. The number of nitrogens with zero attached hydrogens (tertiary/aromatic N) is 1. The van der Waals surface area contributed by atoms with Gasteiger partial charge in [0.1, 0.15) is 0 Å². The number of hydrogen-bond donors (Lipinski definition) is 0. The van der Waals surface area contributed by atoms with Gasteiger partial charge in [-0.05, 0) is 28.1 Å². The first-order chi connectivity index (χ1) is 7.27. The summed E-state index contributed by atoms with van der Waals surface area (Å²) in [5, 5.41) is 0. The number of aromatic nitrogens is 1. The van der Waals surface area contributed by atoms with E-state index in [0.717, 1.165) is 11.3 Å². The zero-order chi connectivity index (χ0) is 10.7. The van der Waals surface area contributed by atoms with E-state index in [4.69, 9.17) is 0 Å². The molecule has 1 aromatic heterocycles. The predicted octanol–water partition coefficient (Wildman–Crippen LogP) is 3.28. The summed E-state index contributed by atoms with van der Waals surface area (Å²) in [5.74, 6) is 0. The van der Waals surface area contributed by atoms with E-state index >= 15 is 0 Å². The van der Waals surface area contributed by atoms with Crippen molar-refractivity contribution in [3.05, 3.63) is 54.2 Å². The van der Waals surface area contributed by atoms with Crippen molar-refractivity contribution in [3.8, 4) is 11.3 Å². The van der Waals surface area contributed by atoms with Crippen LogP contribution >= 0.6 is 15.9 Å². The topological polar surface area (TPSA) is 30.0 Å². The lowest BCUT2D eigenvalue weighted by molar-refractivity contribution is 0.109. The van der Waals surface area contributed by atoms with Gasteiger partial charge in [-0.1, -0.05) is 30.3 Å². The first-order valence-corrected chi connectivity index (χ1v) is 5.28. The fourth-order valence-corrected chi connectivity index (χ4v) is 1.52. The molecule has 0 aliphatic carbocycles. The van der Waals surface area contributed by atoms with Crippen LogP contribution in [0.25, 0.3) is 11.3 Å². The molecule has 0 atom stereocenters. The van der Waals surface area contributed by atoms with Gasteiger partial charge in [-0.25, -0.2) is 0 Å². The van der Waals surface area contributed by atoms with Crippen LogP contribution in [0.1, 0.15) is 10.4 Å². The normalized spacial score (nSPS) is 9.93. The van der Waals surface area contributed by atoms with E-state index in [9.17, 15) is 4.79 Å². The Morgan fingerprint density at radius 1 is 1.07 bits per heavy atom. The Kier molecular flexibility index (Phi) is 2.92. The molecule has 0 aliphatic rings. The molecule has 0 aliphatic heterocycles. The minimum atomic E-state index is -0.144. The average molecular weight is 262 g/mol. The summed E-state index contributed by atoms with van der Waals surface area (Å²) in [6, 6.07) is 13.4. The van der Waals surface area contributed by atoms with Gasteiger partial charge in [0.05, 0.1) is 5.69 Å². The second-order valence-electron chi connectivity index (χ2n) is 3.07. The van der Waals surface area contributed by atoms with E-state index in [0.29, 0.717) is 5.56 Å². The molecule has 74 valence electrons. The molecule has 2 aromatic rings. The van der Waals surface area contributed by atoms with Crippen molar-refractivity contribution >= 4 is 20.6 Å². The number of pyridine rings is 1. The fourth-order valence-electron chi connectivity index (χ4n) is 1.29. The van der Waals surface area contributed by atoms with Crippen molar-refractivity contribution in [2.24, 2.45) is 0 Å². The van der Waals surface area contributed by atoms with Gasteiger partial charge in [0.25, 0.3) is 0 Å². The van der Waals surface area contributed by atoms with E-state index in [1.54, 1.807) is 12.3 Å². The van der Waals surface area contributed by atoms with Crippen LogP contribution in [-0.2, 0) is 0 Å². The van der Waals surface area contributed by atoms with Crippen LogP contribution in [0.15, 0.2) is 48.7 Å². The summed E-state index contributed by atoms with van der Waals surface area (Å²) in [4.78, 5) is 15.2. The van der Waals surface area contributed by atoms with Crippen LogP contribution in [0.2, 0.25) is 0 Å². The van der Waals surface area contributed by atoms with Crippen LogP contribution in [0.4, 0.5) is 0 Å². The number of carbonyl (C=O) groups excluding carboxylic acids is 1. The number of halogens is 1. The smallest absolute Gasteiger partial charge is 0.229 e. The molecule has 0 spiro atoms. The monoisotopic (exact) mass is 261 g/mol. The van der Waals surface area contributed by atoms with Gasteiger partial charge in [-0.3, -0.25) is 9.78 Å². The van der Waals surface area contributed by atoms with Gasteiger partial charge in [-0.2, -0.15) is 0 Å². The molecule has 2 nitrogen and oxygen atoms in total. The molecule has 0 saturated heterocycles. The average Bonchev–Trinajstić information content (AvgIpc) is 2.30. The Morgan fingerprint density at radius 2 is 1.80 bits per heavy atom. The largest absolute Gasteiger partial charge is 0.281 e. The van der Waals surface area contributed by atoms with Crippen molar-refractivity contribution in [1.29, 1.82) is 0 Å².